The fourth-order valence-corrected chi connectivity index (χ4v) is 3.73. The van der Waals surface area contributed by atoms with Crippen LogP contribution in [0.2, 0.25) is 0 Å². The van der Waals surface area contributed by atoms with Gasteiger partial charge in [-0.15, -0.1) is 0 Å². The van der Waals surface area contributed by atoms with Crippen molar-refractivity contribution in [1.82, 2.24) is 9.97 Å². The Bertz CT molecular complexity index is 962. The van der Waals surface area contributed by atoms with E-state index in [9.17, 15) is 9.59 Å². The van der Waals surface area contributed by atoms with Crippen LogP contribution >= 0.6 is 0 Å². The van der Waals surface area contributed by atoms with E-state index < -0.39 is 11.3 Å². The first-order valence-electron chi connectivity index (χ1n) is 10.4. The molecule has 0 aliphatic heterocycles. The maximum Gasteiger partial charge on any atom is 0.315 e. The lowest BCUT2D eigenvalue weighted by atomic mass is 9.84. The summed E-state index contributed by atoms with van der Waals surface area (Å²) in [5.41, 5.74) is 12.5. The molecule has 1 aromatic heterocycles. The maximum absolute atomic E-state index is 12.2. The molecule has 6 N–H and O–H groups in total. The van der Waals surface area contributed by atoms with Gasteiger partial charge in [0.25, 0.3) is 5.91 Å². The quantitative estimate of drug-likeness (QED) is 0.494. The summed E-state index contributed by atoms with van der Waals surface area (Å²) in [5.74, 6) is -0.336. The van der Waals surface area contributed by atoms with Gasteiger partial charge in [-0.3, -0.25) is 9.59 Å². The number of carbonyl (C=O) groups excluding carboxylic acids is 2. The highest BCUT2D eigenvalue weighted by molar-refractivity contribution is 5.98. The molecule has 1 aliphatic carbocycles. The van der Waals surface area contributed by atoms with E-state index in [2.05, 4.69) is 20.6 Å². The van der Waals surface area contributed by atoms with E-state index in [1.165, 1.54) is 13.3 Å². The van der Waals surface area contributed by atoms with Crippen molar-refractivity contribution >= 4 is 29.3 Å². The molecule has 1 saturated carbocycles. The summed E-state index contributed by atoms with van der Waals surface area (Å²) in [6.45, 7) is 3.57. The van der Waals surface area contributed by atoms with E-state index in [4.69, 9.17) is 16.2 Å². The lowest BCUT2D eigenvalue weighted by Crippen LogP contribution is -2.43. The first-order valence-corrected chi connectivity index (χ1v) is 10.4. The van der Waals surface area contributed by atoms with Gasteiger partial charge in [0.2, 0.25) is 5.95 Å². The number of hydrogen-bond donors (Lipinski definition) is 4. The second kappa shape index (κ2) is 9.30. The number of benzene rings is 1. The Balaban J connectivity index is 1.88. The molecule has 2 atom stereocenters. The molecule has 1 aliphatic rings. The standard InChI is InChI=1S/C22H30N6O3/c1-22(2,20(30)31-3)13-7-6-8-14(11-13)26-19-15(18(24)29)12-25-21(28-19)27-17-10-5-4-9-16(17)23/h6-8,11-12,16-17H,4-5,9-10,23H2,1-3H3,(H2,24,29)(H2,25,26,27,28)/t16-,17+/m0/s1. The third-order valence-corrected chi connectivity index (χ3v) is 5.73. The predicted octanol–water partition coefficient (Wildman–Crippen LogP) is 2.45. The molecule has 0 saturated heterocycles. The fraction of sp³-hybridized carbons (Fsp3) is 0.455. The van der Waals surface area contributed by atoms with Gasteiger partial charge in [0.1, 0.15) is 11.4 Å². The van der Waals surface area contributed by atoms with Crippen molar-refractivity contribution < 1.29 is 14.3 Å². The van der Waals surface area contributed by atoms with Crippen molar-refractivity contribution in [2.45, 2.75) is 57.0 Å². The van der Waals surface area contributed by atoms with Crippen LogP contribution < -0.4 is 22.1 Å². The summed E-state index contributed by atoms with van der Waals surface area (Å²) in [6, 6.07) is 7.39. The molecular weight excluding hydrogens is 396 g/mol. The average molecular weight is 427 g/mol. The normalized spacial score (nSPS) is 18.8. The van der Waals surface area contributed by atoms with Crippen molar-refractivity contribution in [3.8, 4) is 0 Å². The summed E-state index contributed by atoms with van der Waals surface area (Å²) < 4.78 is 4.92. The number of primary amides is 1. The molecule has 0 spiro atoms. The van der Waals surface area contributed by atoms with Crippen molar-refractivity contribution in [1.29, 1.82) is 0 Å². The van der Waals surface area contributed by atoms with Gasteiger partial charge in [-0.1, -0.05) is 25.0 Å². The van der Waals surface area contributed by atoms with E-state index in [1.807, 2.05) is 24.3 Å². The summed E-state index contributed by atoms with van der Waals surface area (Å²) in [5, 5.41) is 6.42. The minimum absolute atomic E-state index is 0.0295. The highest BCUT2D eigenvalue weighted by Gasteiger charge is 2.31. The van der Waals surface area contributed by atoms with Gasteiger partial charge in [0.15, 0.2) is 0 Å². The zero-order valence-corrected chi connectivity index (χ0v) is 18.1. The van der Waals surface area contributed by atoms with E-state index in [1.54, 1.807) is 13.8 Å². The van der Waals surface area contributed by atoms with Gasteiger partial charge in [0.05, 0.1) is 12.5 Å². The van der Waals surface area contributed by atoms with E-state index >= 15 is 0 Å². The van der Waals surface area contributed by atoms with Crippen LogP contribution in [0.3, 0.4) is 0 Å². The van der Waals surface area contributed by atoms with Gasteiger partial charge >= 0.3 is 5.97 Å². The lowest BCUT2D eigenvalue weighted by molar-refractivity contribution is -0.146. The SMILES string of the molecule is COC(=O)C(C)(C)c1cccc(Nc2nc(N[C@@H]3CCCC[C@@H]3N)ncc2C(N)=O)c1. The Labute approximate surface area is 182 Å². The largest absolute Gasteiger partial charge is 0.468 e. The Morgan fingerprint density at radius 1 is 1.23 bits per heavy atom. The van der Waals surface area contributed by atoms with Crippen LogP contribution in [-0.2, 0) is 14.9 Å². The fourth-order valence-electron chi connectivity index (χ4n) is 3.73. The van der Waals surface area contributed by atoms with Crippen molar-refractivity contribution in [3.05, 3.63) is 41.6 Å². The predicted molar refractivity (Wildman–Crippen MR) is 119 cm³/mol. The molecule has 3 rings (SSSR count). The number of nitrogens with zero attached hydrogens (tertiary/aromatic N) is 2. The molecule has 0 unspecified atom stereocenters. The number of amides is 1. The molecule has 31 heavy (non-hydrogen) atoms. The molecule has 0 bridgehead atoms. The number of carbonyl (C=O) groups is 2. The molecule has 9 nitrogen and oxygen atoms in total. The monoisotopic (exact) mass is 426 g/mol. The minimum Gasteiger partial charge on any atom is -0.468 e. The molecule has 1 heterocycles. The molecule has 1 aromatic carbocycles. The first kappa shape index (κ1) is 22.5. The summed E-state index contributed by atoms with van der Waals surface area (Å²) in [7, 11) is 1.36. The second-order valence-electron chi connectivity index (χ2n) is 8.34. The third-order valence-electron chi connectivity index (χ3n) is 5.73. The summed E-state index contributed by atoms with van der Waals surface area (Å²) in [6.07, 6.45) is 5.50. The average Bonchev–Trinajstić information content (AvgIpc) is 2.75. The maximum atomic E-state index is 12.2. The number of hydrogen-bond acceptors (Lipinski definition) is 8. The number of ether oxygens (including phenoxy) is 1. The van der Waals surface area contributed by atoms with Crippen LogP contribution in [0.1, 0.15) is 55.5 Å². The molecule has 2 aromatic rings. The number of rotatable bonds is 7. The van der Waals surface area contributed by atoms with Gasteiger partial charge in [-0.05, 0) is 44.4 Å². The van der Waals surface area contributed by atoms with E-state index in [0.717, 1.165) is 31.2 Å². The number of esters is 1. The second-order valence-corrected chi connectivity index (χ2v) is 8.34. The summed E-state index contributed by atoms with van der Waals surface area (Å²) >= 11 is 0. The van der Waals surface area contributed by atoms with Gasteiger partial charge in [0, 0.05) is 24.0 Å². The molecular formula is C22H30N6O3. The first-order chi connectivity index (χ1) is 14.7. The minimum atomic E-state index is -0.839. The molecule has 1 amide bonds. The van der Waals surface area contributed by atoms with Crippen LogP contribution in [-0.4, -0.2) is 41.0 Å². The number of methoxy groups -OCH3 is 1. The number of aromatic nitrogens is 2. The highest BCUT2D eigenvalue weighted by atomic mass is 16.5. The van der Waals surface area contributed by atoms with E-state index in [0.29, 0.717) is 11.6 Å². The van der Waals surface area contributed by atoms with Crippen LogP contribution in [0.25, 0.3) is 0 Å². The zero-order valence-electron chi connectivity index (χ0n) is 18.1. The summed E-state index contributed by atoms with van der Waals surface area (Å²) in [4.78, 5) is 32.8. The van der Waals surface area contributed by atoms with Crippen LogP contribution in [0.15, 0.2) is 30.5 Å². The van der Waals surface area contributed by atoms with Gasteiger partial charge in [-0.2, -0.15) is 4.98 Å². The lowest BCUT2D eigenvalue weighted by Gasteiger charge is -2.29. The Morgan fingerprint density at radius 3 is 2.65 bits per heavy atom. The Hall–Kier alpha value is -3.20. The molecule has 0 radical (unpaired) electrons. The van der Waals surface area contributed by atoms with Gasteiger partial charge in [-0.25, -0.2) is 4.98 Å². The number of nitrogens with two attached hydrogens (primary N) is 2. The number of anilines is 3. The topological polar surface area (TPSA) is 145 Å². The molecule has 166 valence electrons. The van der Waals surface area contributed by atoms with Crippen LogP contribution in [0.4, 0.5) is 17.5 Å². The van der Waals surface area contributed by atoms with Crippen molar-refractivity contribution in [2.75, 3.05) is 17.7 Å². The smallest absolute Gasteiger partial charge is 0.315 e. The zero-order chi connectivity index (χ0) is 22.6. The van der Waals surface area contributed by atoms with Crippen LogP contribution in [0, 0.1) is 0 Å². The Kier molecular flexibility index (Phi) is 6.74. The third kappa shape index (κ3) is 5.11. The van der Waals surface area contributed by atoms with Crippen molar-refractivity contribution in [3.63, 3.8) is 0 Å². The highest BCUT2D eigenvalue weighted by Crippen LogP contribution is 2.29. The van der Waals surface area contributed by atoms with Crippen LogP contribution in [0.5, 0.6) is 0 Å². The molecule has 9 heteroatoms. The van der Waals surface area contributed by atoms with E-state index in [-0.39, 0.29) is 29.4 Å². The Morgan fingerprint density at radius 2 is 1.97 bits per heavy atom. The van der Waals surface area contributed by atoms with Crippen molar-refractivity contribution in [2.24, 2.45) is 11.5 Å². The number of nitrogens with one attached hydrogen (secondary N) is 2. The van der Waals surface area contributed by atoms with Gasteiger partial charge < -0.3 is 26.8 Å². The molecule has 1 fully saturated rings.